The summed E-state index contributed by atoms with van der Waals surface area (Å²) in [6.45, 7) is 1.62. The van der Waals surface area contributed by atoms with Crippen LogP contribution >= 0.6 is 0 Å². The summed E-state index contributed by atoms with van der Waals surface area (Å²) in [5, 5.41) is 13.1. The Labute approximate surface area is 189 Å². The van der Waals surface area contributed by atoms with E-state index in [1.54, 1.807) is 13.1 Å². The molecule has 0 spiro atoms. The van der Waals surface area contributed by atoms with Crippen LogP contribution in [0.2, 0.25) is 0 Å². The first-order valence-electron chi connectivity index (χ1n) is 10.5. The number of fused-ring (bicyclic) bond motifs is 1. The first-order chi connectivity index (χ1) is 15.6. The third kappa shape index (κ3) is 8.61. The van der Waals surface area contributed by atoms with Gasteiger partial charge >= 0.3 is 6.18 Å². The van der Waals surface area contributed by atoms with Crippen LogP contribution in [0.4, 0.5) is 13.2 Å². The monoisotopic (exact) mass is 462 g/mol. The number of aliphatic imine (C=N–C) groups is 1. The molecule has 0 bridgehead atoms. The zero-order valence-corrected chi connectivity index (χ0v) is 18.2. The predicted octanol–water partition coefficient (Wildman–Crippen LogP) is 2.91. The molecule has 0 saturated heterocycles. The SMILES string of the molecule is CC(=O)CCCCCCC(=O)C1=NC=C(c2ccc3ccccc3c2)[NH2+]1.O=C([O-])C(F)(F)F. The first-order valence-corrected chi connectivity index (χ1v) is 10.5. The molecule has 3 rings (SSSR count). The zero-order valence-electron chi connectivity index (χ0n) is 18.2. The van der Waals surface area contributed by atoms with Crippen LogP contribution in [0.5, 0.6) is 0 Å². The van der Waals surface area contributed by atoms with Gasteiger partial charge in [0.05, 0.1) is 6.20 Å². The summed E-state index contributed by atoms with van der Waals surface area (Å²) in [5.41, 5.74) is 2.07. The summed E-state index contributed by atoms with van der Waals surface area (Å²) < 4.78 is 31.5. The average molecular weight is 462 g/mol. The van der Waals surface area contributed by atoms with Gasteiger partial charge in [0.1, 0.15) is 11.8 Å². The maximum absolute atomic E-state index is 12.3. The van der Waals surface area contributed by atoms with Crippen molar-refractivity contribution in [2.45, 2.75) is 51.6 Å². The van der Waals surface area contributed by atoms with Gasteiger partial charge in [0.2, 0.25) is 5.78 Å². The van der Waals surface area contributed by atoms with Crippen molar-refractivity contribution in [2.24, 2.45) is 4.99 Å². The molecule has 33 heavy (non-hydrogen) atoms. The van der Waals surface area contributed by atoms with Crippen LogP contribution in [0.15, 0.2) is 53.7 Å². The number of ketones is 2. The Balaban J connectivity index is 0.000000479. The van der Waals surface area contributed by atoms with Crippen molar-refractivity contribution >= 4 is 39.8 Å². The molecule has 6 nitrogen and oxygen atoms in total. The molecule has 1 aliphatic rings. The number of nitrogens with zero attached hydrogens (tertiary/aromatic N) is 1. The summed E-state index contributed by atoms with van der Waals surface area (Å²) in [4.78, 5) is 36.3. The van der Waals surface area contributed by atoms with E-state index in [9.17, 15) is 22.8 Å². The van der Waals surface area contributed by atoms with Crippen molar-refractivity contribution in [1.29, 1.82) is 0 Å². The number of nitrogens with two attached hydrogens (primary N) is 1. The number of benzene rings is 2. The molecule has 1 heterocycles. The van der Waals surface area contributed by atoms with E-state index in [4.69, 9.17) is 9.90 Å². The molecule has 0 atom stereocenters. The number of hydrogen-bond acceptors (Lipinski definition) is 5. The van der Waals surface area contributed by atoms with Gasteiger partial charge < -0.3 is 14.7 Å². The Morgan fingerprint density at radius 3 is 2.15 bits per heavy atom. The summed E-state index contributed by atoms with van der Waals surface area (Å²) in [5.74, 6) is -2.11. The number of carboxylic acid groups (broad SMARTS) is 1. The Morgan fingerprint density at radius 2 is 1.55 bits per heavy atom. The summed E-state index contributed by atoms with van der Waals surface area (Å²) in [6, 6.07) is 14.5. The number of carbonyl (C=O) groups excluding carboxylic acids is 3. The van der Waals surface area contributed by atoms with Crippen LogP contribution in [0.3, 0.4) is 0 Å². The summed E-state index contributed by atoms with van der Waals surface area (Å²) in [6.07, 6.45) is 1.52. The Hall–Kier alpha value is -3.33. The fraction of sp³-hybridized carbons (Fsp3) is 0.333. The van der Waals surface area contributed by atoms with E-state index in [0.29, 0.717) is 18.7 Å². The molecule has 0 aromatic heterocycles. The van der Waals surface area contributed by atoms with Crippen LogP contribution in [0.1, 0.15) is 51.0 Å². The van der Waals surface area contributed by atoms with E-state index in [1.165, 1.54) is 10.8 Å². The number of unbranched alkanes of at least 4 members (excludes halogenated alkanes) is 3. The van der Waals surface area contributed by atoms with Crippen molar-refractivity contribution in [3.8, 4) is 0 Å². The lowest BCUT2D eigenvalue weighted by Crippen LogP contribution is -2.85. The number of quaternary nitrogens is 1. The number of carboxylic acids is 1. The van der Waals surface area contributed by atoms with Gasteiger partial charge in [0.25, 0.3) is 5.84 Å². The van der Waals surface area contributed by atoms with Crippen LogP contribution in [0, 0.1) is 0 Å². The number of hydrogen-bond donors (Lipinski definition) is 1. The van der Waals surface area contributed by atoms with Gasteiger partial charge in [-0.2, -0.15) is 18.2 Å². The third-order valence-electron chi connectivity index (χ3n) is 4.92. The van der Waals surface area contributed by atoms with Crippen molar-refractivity contribution in [2.75, 3.05) is 0 Å². The predicted molar refractivity (Wildman–Crippen MR) is 116 cm³/mol. The van der Waals surface area contributed by atoms with Gasteiger partial charge in [-0.1, -0.05) is 43.2 Å². The fourth-order valence-corrected chi connectivity index (χ4v) is 3.18. The van der Waals surface area contributed by atoms with Gasteiger partial charge in [0, 0.05) is 18.4 Å². The van der Waals surface area contributed by atoms with E-state index in [2.05, 4.69) is 35.3 Å². The van der Waals surface area contributed by atoms with E-state index < -0.39 is 12.1 Å². The smallest absolute Gasteiger partial charge is 0.430 e. The molecule has 0 radical (unpaired) electrons. The lowest BCUT2D eigenvalue weighted by molar-refractivity contribution is -0.428. The van der Waals surface area contributed by atoms with Crippen LogP contribution in [-0.4, -0.2) is 29.5 Å². The minimum absolute atomic E-state index is 0.101. The van der Waals surface area contributed by atoms with Crippen LogP contribution < -0.4 is 10.4 Å². The number of amidine groups is 1. The quantitative estimate of drug-likeness (QED) is 0.579. The largest absolute Gasteiger partial charge is 0.542 e. The number of rotatable bonds is 9. The third-order valence-corrected chi connectivity index (χ3v) is 4.92. The maximum Gasteiger partial charge on any atom is 0.430 e. The van der Waals surface area contributed by atoms with Crippen LogP contribution in [0.25, 0.3) is 16.5 Å². The topological polar surface area (TPSA) is 103 Å². The number of halogens is 3. The van der Waals surface area contributed by atoms with Gasteiger partial charge in [-0.15, -0.1) is 0 Å². The minimum Gasteiger partial charge on any atom is -0.542 e. The summed E-state index contributed by atoms with van der Waals surface area (Å²) >= 11 is 0. The number of carbonyl (C=O) groups is 3. The lowest BCUT2D eigenvalue weighted by atomic mass is 10.1. The van der Waals surface area contributed by atoms with Gasteiger partial charge in [-0.25, -0.2) is 0 Å². The standard InChI is InChI=1S/C22H24N2O2.C2HF3O2/c1-16(25)8-4-2-3-5-11-21(26)22-23-15-20(24-22)19-13-12-17-9-6-7-10-18(17)14-19;3-2(4,5)1(6)7/h6-7,9-10,12-15H,2-5,8,11H2,1H3,(H,23,24);(H,6,7). The molecule has 0 fully saturated rings. The highest BCUT2D eigenvalue weighted by Crippen LogP contribution is 2.19. The van der Waals surface area contributed by atoms with Crippen LogP contribution in [-0.2, 0) is 14.4 Å². The van der Waals surface area contributed by atoms with Crippen molar-refractivity contribution in [3.63, 3.8) is 0 Å². The molecule has 1 aliphatic heterocycles. The Kier molecular flexibility index (Phi) is 9.47. The lowest BCUT2D eigenvalue weighted by Gasteiger charge is -2.04. The number of Topliss-reactive ketones (excluding diaryl/α,β-unsaturated/α-hetero) is 2. The molecule has 2 aromatic rings. The second kappa shape index (κ2) is 12.1. The van der Waals surface area contributed by atoms with Crippen molar-refractivity contribution < 1.29 is 38.0 Å². The van der Waals surface area contributed by atoms with E-state index in [1.807, 2.05) is 17.4 Å². The van der Waals surface area contributed by atoms with E-state index >= 15 is 0 Å². The fourth-order valence-electron chi connectivity index (χ4n) is 3.18. The zero-order chi connectivity index (χ0) is 24.4. The molecular weight excluding hydrogens is 437 g/mol. The molecule has 2 aromatic carbocycles. The Morgan fingerprint density at radius 1 is 0.939 bits per heavy atom. The molecule has 0 aliphatic carbocycles. The number of alkyl halides is 3. The highest BCUT2D eigenvalue weighted by atomic mass is 19.4. The van der Waals surface area contributed by atoms with E-state index in [0.717, 1.165) is 36.9 Å². The second-order valence-electron chi connectivity index (χ2n) is 7.63. The average Bonchev–Trinajstić information content (AvgIpc) is 3.26. The maximum atomic E-state index is 12.3. The molecule has 2 N–H and O–H groups in total. The molecule has 0 saturated carbocycles. The normalized spacial score (nSPS) is 13.1. The van der Waals surface area contributed by atoms with Gasteiger partial charge in [-0.3, -0.25) is 10.1 Å². The second-order valence-corrected chi connectivity index (χ2v) is 7.63. The van der Waals surface area contributed by atoms with Gasteiger partial charge in [0.15, 0.2) is 5.70 Å². The minimum atomic E-state index is -5.19. The highest BCUT2D eigenvalue weighted by Gasteiger charge is 2.28. The summed E-state index contributed by atoms with van der Waals surface area (Å²) in [7, 11) is 0. The number of aliphatic carboxylic acids is 1. The first kappa shape index (κ1) is 25.9. The van der Waals surface area contributed by atoms with Crippen molar-refractivity contribution in [3.05, 3.63) is 54.2 Å². The molecule has 176 valence electrons. The highest BCUT2D eigenvalue weighted by molar-refractivity contribution is 6.35. The molecule has 0 unspecified atom stereocenters. The Bertz CT molecular complexity index is 1070. The molecule has 0 amide bonds. The van der Waals surface area contributed by atoms with Gasteiger partial charge in [-0.05, 0) is 42.7 Å². The molecule has 9 heteroatoms. The van der Waals surface area contributed by atoms with E-state index in [-0.39, 0.29) is 11.6 Å². The molecular formula is C24H25F3N2O4. The van der Waals surface area contributed by atoms with Crippen molar-refractivity contribution in [1.82, 2.24) is 0 Å².